The van der Waals surface area contributed by atoms with Gasteiger partial charge in [0.25, 0.3) is 5.91 Å². The minimum Gasteiger partial charge on any atom is -0.399 e. The number of nitrogens with one attached hydrogen (secondary N) is 1. The van der Waals surface area contributed by atoms with Crippen molar-refractivity contribution in [3.05, 3.63) is 53.6 Å². The van der Waals surface area contributed by atoms with E-state index >= 15 is 0 Å². The van der Waals surface area contributed by atoms with Gasteiger partial charge < -0.3 is 11.1 Å². The van der Waals surface area contributed by atoms with Gasteiger partial charge in [-0.3, -0.25) is 9.78 Å². The van der Waals surface area contributed by atoms with Gasteiger partial charge in [0, 0.05) is 11.9 Å². The van der Waals surface area contributed by atoms with Crippen molar-refractivity contribution in [2.24, 2.45) is 0 Å². The molecule has 1 aromatic carbocycles. The van der Waals surface area contributed by atoms with Gasteiger partial charge in [0.15, 0.2) is 0 Å². The Labute approximate surface area is 104 Å². The number of rotatable bonds is 2. The van der Waals surface area contributed by atoms with Crippen molar-refractivity contribution in [3.63, 3.8) is 0 Å². The van der Waals surface area contributed by atoms with Crippen molar-refractivity contribution < 1.29 is 9.18 Å². The zero-order chi connectivity index (χ0) is 13.1. The fourth-order valence-electron chi connectivity index (χ4n) is 1.54. The van der Waals surface area contributed by atoms with E-state index in [1.54, 1.807) is 12.3 Å². The van der Waals surface area contributed by atoms with Crippen LogP contribution in [0.1, 0.15) is 15.9 Å². The normalized spacial score (nSPS) is 10.1. The second kappa shape index (κ2) is 4.83. The minimum atomic E-state index is -0.609. The molecule has 0 bridgehead atoms. The minimum absolute atomic E-state index is 0.0866. The van der Waals surface area contributed by atoms with Gasteiger partial charge >= 0.3 is 0 Å². The van der Waals surface area contributed by atoms with Gasteiger partial charge in [-0.05, 0) is 36.8 Å². The molecule has 1 amide bonds. The van der Waals surface area contributed by atoms with Crippen LogP contribution in [0.5, 0.6) is 0 Å². The molecule has 1 aromatic heterocycles. The number of halogens is 1. The first kappa shape index (κ1) is 12.0. The zero-order valence-electron chi connectivity index (χ0n) is 9.77. The van der Waals surface area contributed by atoms with Crippen LogP contribution in [0.15, 0.2) is 36.7 Å². The van der Waals surface area contributed by atoms with Crippen molar-refractivity contribution in [1.82, 2.24) is 4.98 Å². The summed E-state index contributed by atoms with van der Waals surface area (Å²) in [5.41, 5.74) is 7.19. The lowest BCUT2D eigenvalue weighted by Crippen LogP contribution is -2.14. The molecular formula is C13H12FN3O. The number of aromatic nitrogens is 1. The van der Waals surface area contributed by atoms with Crippen molar-refractivity contribution in [3.8, 4) is 0 Å². The smallest absolute Gasteiger partial charge is 0.258 e. The van der Waals surface area contributed by atoms with Crippen LogP contribution in [-0.2, 0) is 0 Å². The number of carbonyl (C=O) groups is 1. The monoisotopic (exact) mass is 245 g/mol. The summed E-state index contributed by atoms with van der Waals surface area (Å²) in [5, 5.41) is 2.57. The number of hydrogen-bond donors (Lipinski definition) is 2. The molecule has 92 valence electrons. The van der Waals surface area contributed by atoms with Gasteiger partial charge in [-0.25, -0.2) is 4.39 Å². The average Bonchev–Trinajstić information content (AvgIpc) is 2.32. The molecule has 0 spiro atoms. The lowest BCUT2D eigenvalue weighted by Gasteiger charge is -2.07. The third-order valence-electron chi connectivity index (χ3n) is 2.37. The Morgan fingerprint density at radius 2 is 2.11 bits per heavy atom. The van der Waals surface area contributed by atoms with E-state index in [2.05, 4.69) is 10.3 Å². The third-order valence-corrected chi connectivity index (χ3v) is 2.37. The number of aryl methyl sites for hydroxylation is 1. The molecular weight excluding hydrogens is 233 g/mol. The summed E-state index contributed by atoms with van der Waals surface area (Å²) in [7, 11) is 0. The number of benzene rings is 1. The van der Waals surface area contributed by atoms with Gasteiger partial charge in [0.05, 0.1) is 17.4 Å². The summed E-state index contributed by atoms with van der Waals surface area (Å²) < 4.78 is 13.5. The summed E-state index contributed by atoms with van der Waals surface area (Å²) in [5.74, 6) is -1.16. The van der Waals surface area contributed by atoms with Gasteiger partial charge in [-0.15, -0.1) is 0 Å². The molecule has 0 saturated carbocycles. The quantitative estimate of drug-likeness (QED) is 0.798. The molecule has 0 aliphatic heterocycles. The van der Waals surface area contributed by atoms with Gasteiger partial charge in [0.2, 0.25) is 0 Å². The molecule has 0 fully saturated rings. The number of nitrogens with zero attached hydrogens (tertiary/aromatic N) is 1. The Morgan fingerprint density at radius 3 is 2.83 bits per heavy atom. The highest BCUT2D eigenvalue weighted by molar-refractivity contribution is 6.04. The molecule has 0 unspecified atom stereocenters. The molecule has 2 rings (SSSR count). The van der Waals surface area contributed by atoms with Gasteiger partial charge in [-0.1, -0.05) is 0 Å². The van der Waals surface area contributed by atoms with Gasteiger partial charge in [0.1, 0.15) is 5.82 Å². The van der Waals surface area contributed by atoms with Crippen LogP contribution < -0.4 is 11.1 Å². The van der Waals surface area contributed by atoms with Crippen LogP contribution in [0, 0.1) is 12.7 Å². The van der Waals surface area contributed by atoms with Crippen LogP contribution in [0.2, 0.25) is 0 Å². The third kappa shape index (κ3) is 2.63. The SMILES string of the molecule is Cc1cncc(NC(=O)c2cc(N)ccc2F)c1. The molecule has 0 saturated heterocycles. The number of pyridine rings is 1. The molecule has 18 heavy (non-hydrogen) atoms. The Balaban J connectivity index is 2.24. The Hall–Kier alpha value is -2.43. The van der Waals surface area contributed by atoms with Crippen LogP contribution in [0.3, 0.4) is 0 Å². The Morgan fingerprint density at radius 1 is 1.33 bits per heavy atom. The van der Waals surface area contributed by atoms with E-state index in [0.29, 0.717) is 11.4 Å². The van der Waals surface area contributed by atoms with Gasteiger partial charge in [-0.2, -0.15) is 0 Å². The van der Waals surface area contributed by atoms with E-state index < -0.39 is 11.7 Å². The van der Waals surface area contributed by atoms with E-state index in [4.69, 9.17) is 5.73 Å². The predicted octanol–water partition coefficient (Wildman–Crippen LogP) is 2.36. The predicted molar refractivity (Wildman–Crippen MR) is 67.7 cm³/mol. The number of amides is 1. The van der Waals surface area contributed by atoms with E-state index in [1.165, 1.54) is 24.4 Å². The first-order chi connectivity index (χ1) is 8.56. The molecule has 5 heteroatoms. The number of anilines is 2. The highest BCUT2D eigenvalue weighted by atomic mass is 19.1. The van der Waals surface area contributed by atoms with Crippen LogP contribution in [0.4, 0.5) is 15.8 Å². The highest BCUT2D eigenvalue weighted by Gasteiger charge is 2.12. The molecule has 2 aromatic rings. The second-order valence-corrected chi connectivity index (χ2v) is 3.94. The summed E-state index contributed by atoms with van der Waals surface area (Å²) in [6, 6.07) is 5.61. The number of nitrogen functional groups attached to an aromatic ring is 1. The number of carbonyl (C=O) groups excluding carboxylic acids is 1. The molecule has 0 aliphatic rings. The van der Waals surface area contributed by atoms with Crippen LogP contribution >= 0.6 is 0 Å². The molecule has 0 radical (unpaired) electrons. The zero-order valence-corrected chi connectivity index (χ0v) is 9.77. The highest BCUT2D eigenvalue weighted by Crippen LogP contribution is 2.15. The lowest BCUT2D eigenvalue weighted by molar-refractivity contribution is 0.102. The van der Waals surface area contributed by atoms with Crippen molar-refractivity contribution in [1.29, 1.82) is 0 Å². The van der Waals surface area contributed by atoms with Crippen LogP contribution in [-0.4, -0.2) is 10.9 Å². The maximum Gasteiger partial charge on any atom is 0.258 e. The molecule has 4 nitrogen and oxygen atoms in total. The van der Waals surface area contributed by atoms with Crippen molar-refractivity contribution >= 4 is 17.3 Å². The molecule has 1 heterocycles. The average molecular weight is 245 g/mol. The number of hydrogen-bond acceptors (Lipinski definition) is 3. The van der Waals surface area contributed by atoms with E-state index in [-0.39, 0.29) is 5.56 Å². The van der Waals surface area contributed by atoms with E-state index in [1.807, 2.05) is 6.92 Å². The molecule has 0 atom stereocenters. The molecule has 3 N–H and O–H groups in total. The summed E-state index contributed by atoms with van der Waals surface area (Å²) in [6.45, 7) is 1.85. The van der Waals surface area contributed by atoms with Crippen molar-refractivity contribution in [2.75, 3.05) is 11.1 Å². The van der Waals surface area contributed by atoms with E-state index in [9.17, 15) is 9.18 Å². The fraction of sp³-hybridized carbons (Fsp3) is 0.0769. The Kier molecular flexibility index (Phi) is 3.23. The molecule has 0 aliphatic carbocycles. The first-order valence-corrected chi connectivity index (χ1v) is 5.34. The summed E-state index contributed by atoms with van der Waals surface area (Å²) in [6.07, 6.45) is 3.16. The van der Waals surface area contributed by atoms with Crippen LogP contribution in [0.25, 0.3) is 0 Å². The second-order valence-electron chi connectivity index (χ2n) is 3.94. The lowest BCUT2D eigenvalue weighted by atomic mass is 10.1. The topological polar surface area (TPSA) is 68.0 Å². The largest absolute Gasteiger partial charge is 0.399 e. The summed E-state index contributed by atoms with van der Waals surface area (Å²) in [4.78, 5) is 15.8. The first-order valence-electron chi connectivity index (χ1n) is 5.34. The van der Waals surface area contributed by atoms with E-state index in [0.717, 1.165) is 5.56 Å². The fourth-order valence-corrected chi connectivity index (χ4v) is 1.54. The maximum absolute atomic E-state index is 13.5. The number of nitrogens with two attached hydrogens (primary N) is 1. The standard InChI is InChI=1S/C13H12FN3O/c1-8-4-10(7-16-6-8)17-13(18)11-5-9(15)2-3-12(11)14/h2-7H,15H2,1H3,(H,17,18). The summed E-state index contributed by atoms with van der Waals surface area (Å²) >= 11 is 0. The Bertz CT molecular complexity index is 599. The van der Waals surface area contributed by atoms with Crippen molar-refractivity contribution in [2.45, 2.75) is 6.92 Å². The maximum atomic E-state index is 13.5.